The second-order valence-corrected chi connectivity index (χ2v) is 3.54. The second kappa shape index (κ2) is 4.31. The molecule has 0 aliphatic heterocycles. The average molecular weight is 238 g/mol. The molecule has 1 aromatic carbocycles. The number of hydrogen-bond acceptors (Lipinski definition) is 1. The molecule has 0 fully saturated rings. The maximum Gasteiger partial charge on any atom is 0.573 e. The molecule has 0 bridgehead atoms. The summed E-state index contributed by atoms with van der Waals surface area (Å²) in [4.78, 5) is 0. The van der Waals surface area contributed by atoms with Crippen molar-refractivity contribution < 1.29 is 17.9 Å². The highest BCUT2D eigenvalue weighted by molar-refractivity contribution is 6.33. The summed E-state index contributed by atoms with van der Waals surface area (Å²) in [6.07, 6.45) is -4.72. The van der Waals surface area contributed by atoms with Gasteiger partial charge in [-0.05, 0) is 11.6 Å². The molecule has 0 aliphatic carbocycles. The molecule has 0 saturated heterocycles. The zero-order valence-electron chi connectivity index (χ0n) is 8.15. The smallest absolute Gasteiger partial charge is 0.404 e. The van der Waals surface area contributed by atoms with Gasteiger partial charge in [0.25, 0.3) is 0 Å². The minimum Gasteiger partial charge on any atom is -0.404 e. The Morgan fingerprint density at radius 2 is 1.87 bits per heavy atom. The van der Waals surface area contributed by atoms with Crippen molar-refractivity contribution in [2.75, 3.05) is 0 Å². The van der Waals surface area contributed by atoms with Gasteiger partial charge in [-0.1, -0.05) is 37.6 Å². The summed E-state index contributed by atoms with van der Waals surface area (Å²) in [5.41, 5.74) is 0.554. The molecule has 0 amide bonds. The third kappa shape index (κ3) is 3.30. The van der Waals surface area contributed by atoms with Crippen LogP contribution in [0.15, 0.2) is 18.2 Å². The van der Waals surface area contributed by atoms with E-state index in [0.29, 0.717) is 5.56 Å². The lowest BCUT2D eigenvalue weighted by Crippen LogP contribution is -2.17. The van der Waals surface area contributed by atoms with E-state index in [2.05, 4.69) is 4.74 Å². The summed E-state index contributed by atoms with van der Waals surface area (Å²) in [6, 6.07) is 4.29. The summed E-state index contributed by atoms with van der Waals surface area (Å²) >= 11 is 5.76. The van der Waals surface area contributed by atoms with Crippen molar-refractivity contribution in [2.45, 2.75) is 20.2 Å². The maximum atomic E-state index is 12.0. The Hall–Kier alpha value is -0.900. The molecule has 1 nitrogen and oxygen atoms in total. The third-order valence-corrected chi connectivity index (χ3v) is 2.12. The van der Waals surface area contributed by atoms with Crippen LogP contribution in [0.4, 0.5) is 13.2 Å². The van der Waals surface area contributed by atoms with Crippen LogP contribution in [0.2, 0.25) is 5.02 Å². The van der Waals surface area contributed by atoms with Crippen LogP contribution in [0.3, 0.4) is 0 Å². The van der Waals surface area contributed by atoms with Gasteiger partial charge in [-0.3, -0.25) is 0 Å². The number of halogens is 4. The molecule has 0 atom stereocenters. The number of rotatable bonds is 2. The summed E-state index contributed by atoms with van der Waals surface area (Å²) in [7, 11) is 0. The molecule has 0 unspecified atom stereocenters. The molecule has 1 aromatic rings. The topological polar surface area (TPSA) is 9.23 Å². The van der Waals surface area contributed by atoms with Crippen molar-refractivity contribution in [3.8, 4) is 5.75 Å². The van der Waals surface area contributed by atoms with Gasteiger partial charge in [0.15, 0.2) is 0 Å². The number of hydrogen-bond donors (Lipinski definition) is 0. The van der Waals surface area contributed by atoms with Gasteiger partial charge in [0.05, 0.1) is 5.02 Å². The van der Waals surface area contributed by atoms with Crippen molar-refractivity contribution in [3.05, 3.63) is 34.7 Å². The van der Waals surface area contributed by atoms with Crippen molar-refractivity contribution >= 4 is 11.6 Å². The highest BCUT2D eigenvalue weighted by atomic mass is 35.5. The van der Waals surface area contributed by atoms with Crippen LogP contribution in [-0.2, 0) is 0 Å². The molecule has 0 heterocycles. The monoisotopic (exact) mass is 237 g/mol. The molecule has 0 spiro atoms. The van der Waals surface area contributed by atoms with Gasteiger partial charge in [0.2, 0.25) is 0 Å². The minimum atomic E-state index is -4.72. The van der Waals surface area contributed by atoms with Crippen molar-refractivity contribution in [2.24, 2.45) is 0 Å². The SMILES string of the molecule is C[C](C)c1cccc(OC(F)(F)F)c1Cl. The van der Waals surface area contributed by atoms with Crippen LogP contribution in [-0.4, -0.2) is 6.36 Å². The highest BCUT2D eigenvalue weighted by Crippen LogP contribution is 2.35. The molecular weight excluding hydrogens is 229 g/mol. The molecular formula is C10H9ClF3O. The van der Waals surface area contributed by atoms with Crippen molar-refractivity contribution in [3.63, 3.8) is 0 Å². The van der Waals surface area contributed by atoms with Crippen molar-refractivity contribution in [1.29, 1.82) is 0 Å². The number of ether oxygens (including phenoxy) is 1. The van der Waals surface area contributed by atoms with Crippen LogP contribution >= 0.6 is 11.6 Å². The van der Waals surface area contributed by atoms with E-state index in [1.165, 1.54) is 12.1 Å². The highest BCUT2D eigenvalue weighted by Gasteiger charge is 2.32. The van der Waals surface area contributed by atoms with E-state index in [1.54, 1.807) is 19.9 Å². The number of benzene rings is 1. The molecule has 1 radical (unpaired) electrons. The van der Waals surface area contributed by atoms with E-state index in [-0.39, 0.29) is 10.8 Å². The van der Waals surface area contributed by atoms with Gasteiger partial charge in [-0.25, -0.2) is 0 Å². The molecule has 15 heavy (non-hydrogen) atoms. The van der Waals surface area contributed by atoms with Gasteiger partial charge < -0.3 is 4.74 Å². The lowest BCUT2D eigenvalue weighted by molar-refractivity contribution is -0.274. The van der Waals surface area contributed by atoms with Crippen LogP contribution in [0.25, 0.3) is 0 Å². The molecule has 83 valence electrons. The molecule has 1 rings (SSSR count). The van der Waals surface area contributed by atoms with Crippen LogP contribution < -0.4 is 4.74 Å². The van der Waals surface area contributed by atoms with Crippen molar-refractivity contribution in [1.82, 2.24) is 0 Å². The summed E-state index contributed by atoms with van der Waals surface area (Å²) in [6.45, 7) is 3.52. The summed E-state index contributed by atoms with van der Waals surface area (Å²) in [5, 5.41) is -0.0187. The van der Waals surface area contributed by atoms with Gasteiger partial charge in [-0.15, -0.1) is 13.2 Å². The molecule has 5 heteroatoms. The van der Waals surface area contributed by atoms with Crippen LogP contribution in [0.1, 0.15) is 19.4 Å². The predicted octanol–water partition coefficient (Wildman–Crippen LogP) is 4.20. The van der Waals surface area contributed by atoms with Gasteiger partial charge >= 0.3 is 6.36 Å². The summed E-state index contributed by atoms with van der Waals surface area (Å²) < 4.78 is 39.7. The van der Waals surface area contributed by atoms with Gasteiger partial charge in [-0.2, -0.15) is 0 Å². The first kappa shape index (κ1) is 12.2. The predicted molar refractivity (Wildman–Crippen MR) is 51.8 cm³/mol. The Bertz CT molecular complexity index is 347. The second-order valence-electron chi connectivity index (χ2n) is 3.17. The normalized spacial score (nSPS) is 11.9. The molecule has 0 N–H and O–H groups in total. The first-order chi connectivity index (χ1) is 6.81. The lowest BCUT2D eigenvalue weighted by Gasteiger charge is -2.14. The van der Waals surface area contributed by atoms with Crippen LogP contribution in [0, 0.1) is 5.92 Å². The Balaban J connectivity index is 3.05. The quantitative estimate of drug-likeness (QED) is 0.749. The summed E-state index contributed by atoms with van der Waals surface area (Å²) in [5.74, 6) is 0.454. The fraction of sp³-hybridized carbons (Fsp3) is 0.300. The number of alkyl halides is 3. The zero-order valence-corrected chi connectivity index (χ0v) is 8.91. The largest absolute Gasteiger partial charge is 0.573 e. The zero-order chi connectivity index (χ0) is 11.6. The Morgan fingerprint density at radius 3 is 2.33 bits per heavy atom. The third-order valence-electron chi connectivity index (χ3n) is 1.73. The standard InChI is InChI=1S/C10H9ClF3O/c1-6(2)7-4-3-5-8(9(7)11)15-10(12,13)14/h3-5H,1-2H3. The Kier molecular flexibility index (Phi) is 3.50. The van der Waals surface area contributed by atoms with Gasteiger partial charge in [0.1, 0.15) is 5.75 Å². The van der Waals surface area contributed by atoms with Gasteiger partial charge in [0, 0.05) is 5.92 Å². The first-order valence-corrected chi connectivity index (χ1v) is 4.54. The maximum absolute atomic E-state index is 12.0. The van der Waals surface area contributed by atoms with E-state index in [9.17, 15) is 13.2 Å². The lowest BCUT2D eigenvalue weighted by atomic mass is 10.0. The van der Waals surface area contributed by atoms with E-state index < -0.39 is 6.36 Å². The first-order valence-electron chi connectivity index (χ1n) is 4.16. The van der Waals surface area contributed by atoms with Crippen LogP contribution in [0.5, 0.6) is 5.75 Å². The molecule has 0 aliphatic rings. The fourth-order valence-electron chi connectivity index (χ4n) is 1.10. The fourth-order valence-corrected chi connectivity index (χ4v) is 1.45. The molecule has 0 aromatic heterocycles. The van der Waals surface area contributed by atoms with E-state index in [4.69, 9.17) is 11.6 Å². The van der Waals surface area contributed by atoms with E-state index in [1.807, 2.05) is 0 Å². The average Bonchev–Trinajstić information content (AvgIpc) is 2.05. The van der Waals surface area contributed by atoms with E-state index in [0.717, 1.165) is 5.92 Å². The molecule has 0 saturated carbocycles. The Morgan fingerprint density at radius 1 is 1.27 bits per heavy atom. The minimum absolute atomic E-state index is 0.0187. The van der Waals surface area contributed by atoms with E-state index >= 15 is 0 Å². The Labute approximate surface area is 90.8 Å².